The smallest absolute Gasteiger partial charge is 0.306 e. The zero-order chi connectivity index (χ0) is 50.7. The predicted molar refractivity (Wildman–Crippen MR) is 302 cm³/mol. The first-order chi connectivity index (χ1) is 34.5. The Labute approximate surface area is 429 Å². The Morgan fingerprint density at radius 2 is 0.629 bits per heavy atom. The maximum atomic E-state index is 12.9. The van der Waals surface area contributed by atoms with Gasteiger partial charge < -0.3 is 14.2 Å². The first-order valence-electron chi connectivity index (χ1n) is 27.9. The van der Waals surface area contributed by atoms with Gasteiger partial charge in [-0.1, -0.05) is 237 Å². The number of hydrogen-bond donors (Lipinski definition) is 0. The van der Waals surface area contributed by atoms with Crippen LogP contribution in [0.4, 0.5) is 0 Å². The molecule has 0 bridgehead atoms. The molecule has 0 aliphatic rings. The molecule has 0 aliphatic carbocycles. The van der Waals surface area contributed by atoms with Crippen LogP contribution in [0.3, 0.4) is 0 Å². The number of rotatable bonds is 48. The van der Waals surface area contributed by atoms with Gasteiger partial charge in [-0.15, -0.1) is 0 Å². The standard InChI is InChI=1S/C64H100O6/c1-4-7-10-13-16-19-22-25-28-30-32-34-36-39-42-45-48-51-54-57-63(66)69-60-61(59-68-62(65)56-53-50-47-44-41-38-35-27-24-21-18-15-12-9-6-3)70-64(67)58-55-52-49-46-43-40-37-33-31-29-26-23-20-17-14-11-8-5-2/h7,9-10,12,15-16,18-19,21,24-25,27-29,31-35,37-39,41-42,61H,4-6,8,11,13-14,17,20,22-23,26,30,36,40,43-60H2,1-3H3/b10-7-,12-9-,18-15-,19-16-,24-21-,28-25-,31-29-,34-32-,35-27-,37-33-,41-38-,42-39-. The van der Waals surface area contributed by atoms with E-state index >= 15 is 0 Å². The van der Waals surface area contributed by atoms with Gasteiger partial charge in [0.25, 0.3) is 0 Å². The van der Waals surface area contributed by atoms with Crippen LogP contribution in [0.1, 0.15) is 220 Å². The van der Waals surface area contributed by atoms with Crippen molar-refractivity contribution in [3.05, 3.63) is 146 Å². The Kier molecular flexibility index (Phi) is 53.0. The quantitative estimate of drug-likeness (QED) is 0.0199. The monoisotopic (exact) mass is 965 g/mol. The number of carbonyl (C=O) groups excluding carboxylic acids is 3. The third-order valence-electron chi connectivity index (χ3n) is 11.2. The normalized spacial score (nSPS) is 13.2. The topological polar surface area (TPSA) is 78.9 Å². The Morgan fingerprint density at radius 3 is 1.07 bits per heavy atom. The number of hydrogen-bond acceptors (Lipinski definition) is 6. The highest BCUT2D eigenvalue weighted by Crippen LogP contribution is 2.13. The van der Waals surface area contributed by atoms with Gasteiger partial charge in [-0.3, -0.25) is 14.4 Å². The Morgan fingerprint density at radius 1 is 0.314 bits per heavy atom. The molecular formula is C64H100O6. The molecule has 0 aromatic rings. The molecule has 0 radical (unpaired) electrons. The molecule has 6 heteroatoms. The van der Waals surface area contributed by atoms with Crippen molar-refractivity contribution >= 4 is 17.9 Å². The fraction of sp³-hybridized carbons (Fsp3) is 0.578. The molecule has 0 aliphatic heterocycles. The van der Waals surface area contributed by atoms with E-state index in [9.17, 15) is 14.4 Å². The van der Waals surface area contributed by atoms with E-state index in [1.165, 1.54) is 51.4 Å². The van der Waals surface area contributed by atoms with E-state index in [0.717, 1.165) is 128 Å². The second-order valence-corrected chi connectivity index (χ2v) is 17.9. The van der Waals surface area contributed by atoms with Crippen molar-refractivity contribution in [2.45, 2.75) is 226 Å². The van der Waals surface area contributed by atoms with Crippen LogP contribution in [-0.2, 0) is 28.6 Å². The van der Waals surface area contributed by atoms with E-state index in [-0.39, 0.29) is 37.5 Å². The lowest BCUT2D eigenvalue weighted by atomic mass is 10.1. The summed E-state index contributed by atoms with van der Waals surface area (Å²) in [5, 5.41) is 0. The number of allylic oxidation sites excluding steroid dienone is 24. The lowest BCUT2D eigenvalue weighted by Crippen LogP contribution is -2.30. The molecule has 1 atom stereocenters. The summed E-state index contributed by atoms with van der Waals surface area (Å²) in [5.74, 6) is -1.02. The van der Waals surface area contributed by atoms with E-state index in [2.05, 4.69) is 118 Å². The fourth-order valence-corrected chi connectivity index (χ4v) is 7.07. The van der Waals surface area contributed by atoms with E-state index < -0.39 is 6.10 Å². The van der Waals surface area contributed by atoms with Crippen LogP contribution < -0.4 is 0 Å². The van der Waals surface area contributed by atoms with E-state index in [0.29, 0.717) is 12.8 Å². The van der Waals surface area contributed by atoms with Crippen molar-refractivity contribution < 1.29 is 28.6 Å². The van der Waals surface area contributed by atoms with Crippen molar-refractivity contribution in [3.63, 3.8) is 0 Å². The minimum atomic E-state index is -0.825. The maximum absolute atomic E-state index is 12.9. The molecule has 6 nitrogen and oxygen atoms in total. The van der Waals surface area contributed by atoms with Crippen molar-refractivity contribution in [1.29, 1.82) is 0 Å². The lowest BCUT2D eigenvalue weighted by Gasteiger charge is -2.18. The molecule has 0 N–H and O–H groups in total. The van der Waals surface area contributed by atoms with Crippen LogP contribution in [0.15, 0.2) is 146 Å². The highest BCUT2D eigenvalue weighted by atomic mass is 16.6. The summed E-state index contributed by atoms with van der Waals surface area (Å²) in [6.45, 7) is 6.28. The summed E-state index contributed by atoms with van der Waals surface area (Å²) in [5.41, 5.74) is 0. The fourth-order valence-electron chi connectivity index (χ4n) is 7.07. The zero-order valence-corrected chi connectivity index (χ0v) is 44.7. The minimum Gasteiger partial charge on any atom is -0.462 e. The van der Waals surface area contributed by atoms with E-state index in [1.54, 1.807) is 0 Å². The Hall–Kier alpha value is -4.71. The highest BCUT2D eigenvalue weighted by molar-refractivity contribution is 5.71. The number of esters is 3. The van der Waals surface area contributed by atoms with Gasteiger partial charge in [0.2, 0.25) is 0 Å². The summed E-state index contributed by atoms with van der Waals surface area (Å²) in [6, 6.07) is 0. The molecule has 0 aromatic heterocycles. The van der Waals surface area contributed by atoms with E-state index in [4.69, 9.17) is 14.2 Å². The van der Waals surface area contributed by atoms with Crippen LogP contribution in [0.5, 0.6) is 0 Å². The Bertz CT molecular complexity index is 1580. The first kappa shape index (κ1) is 65.3. The summed E-state index contributed by atoms with van der Waals surface area (Å²) in [4.78, 5) is 38.1. The molecule has 0 saturated carbocycles. The second kappa shape index (κ2) is 56.9. The third-order valence-corrected chi connectivity index (χ3v) is 11.2. The van der Waals surface area contributed by atoms with Gasteiger partial charge >= 0.3 is 17.9 Å². The van der Waals surface area contributed by atoms with Crippen LogP contribution in [0.25, 0.3) is 0 Å². The van der Waals surface area contributed by atoms with Crippen molar-refractivity contribution in [1.82, 2.24) is 0 Å². The van der Waals surface area contributed by atoms with Gasteiger partial charge in [0, 0.05) is 19.3 Å². The number of ether oxygens (including phenoxy) is 3. The molecule has 0 aromatic carbocycles. The molecule has 0 spiro atoms. The molecular weight excluding hydrogens is 865 g/mol. The van der Waals surface area contributed by atoms with Crippen LogP contribution in [-0.4, -0.2) is 37.2 Å². The third kappa shape index (κ3) is 54.2. The summed E-state index contributed by atoms with van der Waals surface area (Å²) >= 11 is 0. The average Bonchev–Trinajstić information content (AvgIpc) is 3.36. The largest absolute Gasteiger partial charge is 0.462 e. The van der Waals surface area contributed by atoms with Crippen molar-refractivity contribution in [3.8, 4) is 0 Å². The van der Waals surface area contributed by atoms with Crippen LogP contribution in [0.2, 0.25) is 0 Å². The number of carbonyl (C=O) groups is 3. The summed E-state index contributed by atoms with van der Waals surface area (Å²) < 4.78 is 16.8. The van der Waals surface area contributed by atoms with E-state index in [1.807, 2.05) is 48.6 Å². The van der Waals surface area contributed by atoms with Gasteiger partial charge in [0.05, 0.1) is 0 Å². The van der Waals surface area contributed by atoms with Gasteiger partial charge in [0.1, 0.15) is 13.2 Å². The first-order valence-corrected chi connectivity index (χ1v) is 27.9. The van der Waals surface area contributed by atoms with Crippen molar-refractivity contribution in [2.75, 3.05) is 13.2 Å². The molecule has 0 amide bonds. The summed E-state index contributed by atoms with van der Waals surface area (Å²) in [6.07, 6.45) is 81.2. The average molecular weight is 965 g/mol. The number of unbranched alkanes of at least 4 members (excludes halogenated alkanes) is 18. The van der Waals surface area contributed by atoms with Crippen LogP contribution >= 0.6 is 0 Å². The SMILES string of the molecule is CC\C=C/C=C\C=C/C=C\C=C/CCCCCC(=O)OCC(COC(=O)CCCCC/C=C\C/C=C\C/C=C\C/C=C\C/C=C\CC)OC(=O)CCCCCCC/C=C\C=C/CCCCCCCCC. The van der Waals surface area contributed by atoms with Crippen LogP contribution in [0, 0.1) is 0 Å². The molecule has 1 unspecified atom stereocenters. The van der Waals surface area contributed by atoms with Gasteiger partial charge in [-0.2, -0.15) is 0 Å². The van der Waals surface area contributed by atoms with Crippen molar-refractivity contribution in [2.24, 2.45) is 0 Å². The predicted octanol–water partition coefficient (Wildman–Crippen LogP) is 18.8. The highest BCUT2D eigenvalue weighted by Gasteiger charge is 2.19. The van der Waals surface area contributed by atoms with Gasteiger partial charge in [-0.05, 0) is 109 Å². The molecule has 0 fully saturated rings. The molecule has 0 saturated heterocycles. The molecule has 0 rings (SSSR count). The lowest BCUT2D eigenvalue weighted by molar-refractivity contribution is -0.167. The maximum Gasteiger partial charge on any atom is 0.306 e. The second-order valence-electron chi connectivity index (χ2n) is 17.9. The molecule has 70 heavy (non-hydrogen) atoms. The minimum absolute atomic E-state index is 0.122. The van der Waals surface area contributed by atoms with Gasteiger partial charge in [0.15, 0.2) is 6.10 Å². The molecule has 0 heterocycles. The molecule has 392 valence electrons. The zero-order valence-electron chi connectivity index (χ0n) is 44.7. The Balaban J connectivity index is 4.57. The summed E-state index contributed by atoms with van der Waals surface area (Å²) in [7, 11) is 0. The van der Waals surface area contributed by atoms with Gasteiger partial charge in [-0.25, -0.2) is 0 Å².